The van der Waals surface area contributed by atoms with Gasteiger partial charge in [-0.15, -0.1) is 0 Å². The molecule has 0 amide bonds. The van der Waals surface area contributed by atoms with Crippen molar-refractivity contribution in [3.63, 3.8) is 0 Å². The van der Waals surface area contributed by atoms with Crippen molar-refractivity contribution in [2.75, 3.05) is 7.11 Å². The lowest BCUT2D eigenvalue weighted by molar-refractivity contribution is 0.410. The minimum Gasteiger partial charge on any atom is -0.494 e. The van der Waals surface area contributed by atoms with Crippen LogP contribution in [0.4, 0.5) is 0 Å². The van der Waals surface area contributed by atoms with E-state index >= 15 is 0 Å². The average molecular weight is 544 g/mol. The summed E-state index contributed by atoms with van der Waals surface area (Å²) in [5.74, 6) is 1.63. The normalized spacial score (nSPS) is 10.7. The van der Waals surface area contributed by atoms with Gasteiger partial charge in [-0.05, 0) is 42.5 Å². The van der Waals surface area contributed by atoms with Gasteiger partial charge in [0.1, 0.15) is 5.82 Å². The molecule has 0 aliphatic heterocycles. The lowest BCUT2D eigenvalue weighted by atomic mass is 9.96. The molecule has 0 bridgehead atoms. The standard InChI is InChI=1S/C29H30N6O3S/c1-4-5-10-26-25(28(36)35(19(2)34-26)29-31-16-22(38-3)17-32-29)15-20-11-13-21(14-12-20)23-8-6-7-9-24(23)27(30)33-18-39-37/h6-9,11-14,16-18,30,37H,4-5,10,15H2,1-3H3/p+1. The Morgan fingerprint density at radius 2 is 1.87 bits per heavy atom. The van der Waals surface area contributed by atoms with E-state index in [-0.39, 0.29) is 11.5 Å². The molecule has 4 aromatic rings. The molecule has 39 heavy (non-hydrogen) atoms. The van der Waals surface area contributed by atoms with Crippen molar-refractivity contribution in [1.82, 2.24) is 24.2 Å². The van der Waals surface area contributed by atoms with E-state index in [2.05, 4.69) is 21.6 Å². The van der Waals surface area contributed by atoms with Gasteiger partial charge in [-0.2, -0.15) is 0 Å². The fourth-order valence-electron chi connectivity index (χ4n) is 4.33. The molecule has 9 nitrogen and oxygen atoms in total. The second-order valence-electron chi connectivity index (χ2n) is 8.90. The van der Waals surface area contributed by atoms with Gasteiger partial charge in [-0.3, -0.25) is 10.5 Å². The highest BCUT2D eigenvalue weighted by Gasteiger charge is 2.18. The monoisotopic (exact) mass is 543 g/mol. The molecule has 0 saturated heterocycles. The number of aromatic nitrogens is 4. The number of nitrogens with two attached hydrogens (primary N) is 1. The minimum absolute atomic E-state index is 0.171. The highest BCUT2D eigenvalue weighted by Crippen LogP contribution is 2.25. The van der Waals surface area contributed by atoms with Crippen LogP contribution in [0.15, 0.2) is 65.7 Å². The Labute approximate surface area is 231 Å². The summed E-state index contributed by atoms with van der Waals surface area (Å²) in [6, 6.07) is 15.7. The second-order valence-corrected chi connectivity index (χ2v) is 9.32. The number of methoxy groups -OCH3 is 1. The Bertz CT molecular complexity index is 1560. The number of aryl methyl sites for hydroxylation is 2. The summed E-state index contributed by atoms with van der Waals surface area (Å²) < 4.78 is 19.7. The molecule has 0 fully saturated rings. The maximum absolute atomic E-state index is 13.8. The quantitative estimate of drug-likeness (QED) is 0.133. The molecule has 0 atom stereocenters. The number of amidine groups is 1. The van der Waals surface area contributed by atoms with Crippen molar-refractivity contribution in [1.29, 1.82) is 0 Å². The number of unbranched alkanes of at least 4 members (excludes halogenated alkanes) is 1. The maximum Gasteiger partial charge on any atom is 0.374 e. The third-order valence-corrected chi connectivity index (χ3v) is 6.53. The van der Waals surface area contributed by atoms with E-state index in [0.29, 0.717) is 41.4 Å². The van der Waals surface area contributed by atoms with E-state index in [9.17, 15) is 4.79 Å². The molecule has 0 spiro atoms. The molecule has 0 aliphatic rings. The Morgan fingerprint density at radius 1 is 1.15 bits per heavy atom. The Kier molecular flexibility index (Phi) is 9.27. The molecule has 0 aliphatic carbocycles. The fourth-order valence-corrected chi connectivity index (χ4v) is 4.49. The minimum atomic E-state index is -0.171. The van der Waals surface area contributed by atoms with Crippen LogP contribution in [-0.4, -0.2) is 42.6 Å². The molecule has 0 radical (unpaired) electrons. The fraction of sp³-hybridized carbons (Fsp3) is 0.241. The third kappa shape index (κ3) is 6.43. The third-order valence-electron chi connectivity index (χ3n) is 6.34. The van der Waals surface area contributed by atoms with Gasteiger partial charge < -0.3 is 9.29 Å². The summed E-state index contributed by atoms with van der Waals surface area (Å²) in [5, 5.41) is 0. The molecule has 200 valence electrons. The summed E-state index contributed by atoms with van der Waals surface area (Å²) in [7, 11) is 1.54. The van der Waals surface area contributed by atoms with Crippen molar-refractivity contribution in [2.24, 2.45) is 5.73 Å². The molecule has 2 heterocycles. The Balaban J connectivity index is 1.72. The molecular weight excluding hydrogens is 512 g/mol. The van der Waals surface area contributed by atoms with E-state index in [4.69, 9.17) is 20.0 Å². The first-order valence-electron chi connectivity index (χ1n) is 12.6. The van der Waals surface area contributed by atoms with Crippen LogP contribution >= 0.6 is 12.0 Å². The highest BCUT2D eigenvalue weighted by molar-refractivity contribution is 8.07. The largest absolute Gasteiger partial charge is 0.494 e. The van der Waals surface area contributed by atoms with E-state index in [1.807, 2.05) is 48.5 Å². The zero-order chi connectivity index (χ0) is 27.8. The van der Waals surface area contributed by atoms with Crippen LogP contribution in [0.1, 0.15) is 48.0 Å². The smallest absolute Gasteiger partial charge is 0.374 e. The lowest BCUT2D eigenvalue weighted by Gasteiger charge is -2.15. The highest BCUT2D eigenvalue weighted by atomic mass is 32.2. The molecule has 4 rings (SSSR count). The average Bonchev–Trinajstić information content (AvgIpc) is 2.97. The molecule has 0 saturated carbocycles. The van der Waals surface area contributed by atoms with Crippen LogP contribution < -0.4 is 20.7 Å². The van der Waals surface area contributed by atoms with Crippen LogP contribution in [0, 0.1) is 6.92 Å². The van der Waals surface area contributed by atoms with Gasteiger partial charge in [0, 0.05) is 12.0 Å². The summed E-state index contributed by atoms with van der Waals surface area (Å²) >= 11 is 0.500. The molecular formula is C29H31N6O3S+. The topological polar surface area (TPSA) is 130 Å². The number of hydrogen-bond acceptors (Lipinski definition) is 7. The van der Waals surface area contributed by atoms with Gasteiger partial charge in [0.05, 0.1) is 42.8 Å². The van der Waals surface area contributed by atoms with Crippen molar-refractivity contribution in [2.45, 2.75) is 39.5 Å². The molecule has 2 aromatic heterocycles. The number of nitrogens with zero attached hydrogens (tertiary/aromatic N) is 5. The van der Waals surface area contributed by atoms with Gasteiger partial charge in [0.2, 0.25) is 5.95 Å². The van der Waals surface area contributed by atoms with Gasteiger partial charge in [-0.1, -0.05) is 55.8 Å². The van der Waals surface area contributed by atoms with Gasteiger partial charge in [-0.25, -0.2) is 24.2 Å². The second kappa shape index (κ2) is 13.0. The number of rotatable bonds is 10. The van der Waals surface area contributed by atoms with Gasteiger partial charge in [0.15, 0.2) is 5.75 Å². The SMILES string of the molecule is CCCCc1nc(C)n(-c2ncc(OC)cn2)c(=O)c1Cc1ccc(-c2ccccc2C(N)=[N+]=CSO)cc1. The molecule has 2 aromatic carbocycles. The lowest BCUT2D eigenvalue weighted by Crippen LogP contribution is -2.29. The number of benzene rings is 2. The first-order chi connectivity index (χ1) is 19.0. The van der Waals surface area contributed by atoms with Crippen LogP contribution in [0.2, 0.25) is 0 Å². The molecule has 10 heteroatoms. The van der Waals surface area contributed by atoms with Crippen LogP contribution in [0.25, 0.3) is 17.1 Å². The summed E-state index contributed by atoms with van der Waals surface area (Å²) in [6.45, 7) is 3.92. The van der Waals surface area contributed by atoms with E-state index < -0.39 is 0 Å². The van der Waals surface area contributed by atoms with Crippen LogP contribution in [0.5, 0.6) is 5.75 Å². The van der Waals surface area contributed by atoms with Crippen LogP contribution in [-0.2, 0) is 12.8 Å². The van der Waals surface area contributed by atoms with Gasteiger partial charge in [0.25, 0.3) is 11.1 Å². The summed E-state index contributed by atoms with van der Waals surface area (Å²) in [4.78, 5) is 27.2. The summed E-state index contributed by atoms with van der Waals surface area (Å²) in [5.41, 5.74) is 12.3. The van der Waals surface area contributed by atoms with Crippen molar-refractivity contribution < 1.29 is 9.29 Å². The van der Waals surface area contributed by atoms with E-state index in [1.165, 1.54) is 22.5 Å². The Hall–Kier alpha value is -4.24. The number of hydrogen-bond donors (Lipinski definition) is 2. The zero-order valence-corrected chi connectivity index (χ0v) is 23.0. The predicted octanol–water partition coefficient (Wildman–Crippen LogP) is 3.95. The van der Waals surface area contributed by atoms with Crippen molar-refractivity contribution in [3.8, 4) is 22.8 Å². The van der Waals surface area contributed by atoms with Gasteiger partial charge >= 0.3 is 5.84 Å². The van der Waals surface area contributed by atoms with Crippen LogP contribution in [0.3, 0.4) is 0 Å². The van der Waals surface area contributed by atoms with Crippen molar-refractivity contribution in [3.05, 3.63) is 99.5 Å². The molecule has 0 unspecified atom stereocenters. The van der Waals surface area contributed by atoms with Crippen molar-refractivity contribution >= 4 is 23.4 Å². The first kappa shape index (κ1) is 27.8. The predicted molar refractivity (Wildman–Crippen MR) is 157 cm³/mol. The van der Waals surface area contributed by atoms with E-state index in [0.717, 1.165) is 47.2 Å². The number of ether oxygens (including phenoxy) is 1. The first-order valence-corrected chi connectivity index (χ1v) is 13.4. The zero-order valence-electron chi connectivity index (χ0n) is 22.2. The Morgan fingerprint density at radius 3 is 2.54 bits per heavy atom. The maximum atomic E-state index is 13.8. The molecule has 3 N–H and O–H groups in total. The van der Waals surface area contributed by atoms with E-state index in [1.54, 1.807) is 14.0 Å². The summed E-state index contributed by atoms with van der Waals surface area (Å²) in [6.07, 6.45) is 6.16.